The van der Waals surface area contributed by atoms with Gasteiger partial charge < -0.3 is 4.57 Å². The Morgan fingerprint density at radius 3 is 2.77 bits per heavy atom. The van der Waals surface area contributed by atoms with Gasteiger partial charge in [0.2, 0.25) is 0 Å². The fraction of sp³-hybridized carbons (Fsp3) is 0.348. The Morgan fingerprint density at radius 1 is 1.16 bits per heavy atom. The summed E-state index contributed by atoms with van der Waals surface area (Å²) in [6, 6.07) is 8.78. The highest BCUT2D eigenvalue weighted by Crippen LogP contribution is 2.38. The number of nitrogens with zero attached hydrogens (tertiary/aromatic N) is 5. The van der Waals surface area contributed by atoms with E-state index in [9.17, 15) is 14.0 Å². The molecule has 2 aromatic heterocycles. The Morgan fingerprint density at radius 2 is 2.00 bits per heavy atom. The number of carbonyl (C=O) groups excluding carboxylic acids is 2. The van der Waals surface area contributed by atoms with Gasteiger partial charge in [0.25, 0.3) is 5.91 Å². The summed E-state index contributed by atoms with van der Waals surface area (Å²) in [4.78, 5) is 31.5. The van der Waals surface area contributed by atoms with Crippen LogP contribution in [0.25, 0.3) is 11.5 Å². The second-order valence-electron chi connectivity index (χ2n) is 8.58. The summed E-state index contributed by atoms with van der Waals surface area (Å²) in [5.74, 6) is 0.616. The van der Waals surface area contributed by atoms with Crippen molar-refractivity contribution in [3.63, 3.8) is 0 Å². The molecule has 1 aliphatic heterocycles. The molecule has 1 aromatic carbocycles. The molecule has 0 spiro atoms. The van der Waals surface area contributed by atoms with E-state index in [-0.39, 0.29) is 30.6 Å². The molecule has 156 valence electrons. The van der Waals surface area contributed by atoms with E-state index in [1.54, 1.807) is 18.5 Å². The molecule has 31 heavy (non-hydrogen) atoms. The molecule has 3 heterocycles. The molecule has 3 aromatic rings. The minimum absolute atomic E-state index is 0.0433. The number of benzene rings is 1. The normalized spacial score (nSPS) is 17.8. The lowest BCUT2D eigenvalue weighted by Gasteiger charge is -2.15. The van der Waals surface area contributed by atoms with Crippen LogP contribution in [-0.2, 0) is 17.8 Å². The molecule has 0 radical (unpaired) electrons. The van der Waals surface area contributed by atoms with E-state index in [1.807, 2.05) is 16.7 Å². The molecule has 2 aliphatic carbocycles. The van der Waals surface area contributed by atoms with Crippen molar-refractivity contribution in [1.29, 1.82) is 0 Å². The molecule has 0 bridgehead atoms. The summed E-state index contributed by atoms with van der Waals surface area (Å²) in [5, 5.41) is 8.23. The lowest BCUT2D eigenvalue weighted by Crippen LogP contribution is -2.24. The minimum Gasteiger partial charge on any atom is -0.309 e. The number of rotatable bonds is 6. The van der Waals surface area contributed by atoms with Gasteiger partial charge >= 0.3 is 0 Å². The predicted molar refractivity (Wildman–Crippen MR) is 110 cm³/mol. The Kier molecular flexibility index (Phi) is 4.03. The van der Waals surface area contributed by atoms with Crippen LogP contribution in [-0.4, -0.2) is 31.4 Å². The van der Waals surface area contributed by atoms with Gasteiger partial charge in [-0.25, -0.2) is 9.37 Å². The van der Waals surface area contributed by atoms with Crippen molar-refractivity contribution in [2.75, 3.05) is 4.90 Å². The number of anilines is 1. The first-order valence-electron chi connectivity index (χ1n) is 10.6. The van der Waals surface area contributed by atoms with E-state index >= 15 is 0 Å². The van der Waals surface area contributed by atoms with E-state index in [2.05, 4.69) is 15.2 Å². The van der Waals surface area contributed by atoms with Gasteiger partial charge in [-0.05, 0) is 61.1 Å². The van der Waals surface area contributed by atoms with Gasteiger partial charge in [-0.2, -0.15) is 0 Å². The van der Waals surface area contributed by atoms with Crippen LogP contribution in [0.5, 0.6) is 0 Å². The maximum absolute atomic E-state index is 14.6. The number of carbonyl (C=O) groups is 2. The summed E-state index contributed by atoms with van der Waals surface area (Å²) >= 11 is 0. The number of hydrogen-bond donors (Lipinski definition) is 0. The van der Waals surface area contributed by atoms with Crippen LogP contribution in [0.15, 0.2) is 36.7 Å². The SMILES string of the molecule is O=C(Cc1cc2c(cc1F)CN(c1cccc(-c3nncn3C3CC3)n1)C2=O)C1CC1. The quantitative estimate of drug-likeness (QED) is 0.613. The van der Waals surface area contributed by atoms with Crippen LogP contribution >= 0.6 is 0 Å². The molecule has 0 unspecified atom stereocenters. The van der Waals surface area contributed by atoms with E-state index in [4.69, 9.17) is 0 Å². The first kappa shape index (κ1) is 18.4. The monoisotopic (exact) mass is 417 g/mol. The van der Waals surface area contributed by atoms with Crippen molar-refractivity contribution in [2.24, 2.45) is 5.92 Å². The zero-order chi connectivity index (χ0) is 21.1. The number of amides is 1. The summed E-state index contributed by atoms with van der Waals surface area (Å²) in [7, 11) is 0. The lowest BCUT2D eigenvalue weighted by molar-refractivity contribution is -0.119. The van der Waals surface area contributed by atoms with Crippen molar-refractivity contribution in [3.8, 4) is 11.5 Å². The van der Waals surface area contributed by atoms with Crippen LogP contribution in [0, 0.1) is 11.7 Å². The van der Waals surface area contributed by atoms with Gasteiger partial charge in [0.05, 0.1) is 6.54 Å². The summed E-state index contributed by atoms with van der Waals surface area (Å²) in [6.07, 6.45) is 5.72. The zero-order valence-corrected chi connectivity index (χ0v) is 16.8. The van der Waals surface area contributed by atoms with Crippen LogP contribution in [0.3, 0.4) is 0 Å². The molecule has 7 nitrogen and oxygen atoms in total. The number of aromatic nitrogens is 4. The second kappa shape index (κ2) is 6.80. The molecule has 2 saturated carbocycles. The minimum atomic E-state index is -0.429. The predicted octanol–water partition coefficient (Wildman–Crippen LogP) is 3.50. The van der Waals surface area contributed by atoms with E-state index in [0.717, 1.165) is 25.7 Å². The molecule has 8 heteroatoms. The summed E-state index contributed by atoms with van der Waals surface area (Å²) in [5.41, 5.74) is 1.99. The highest BCUT2D eigenvalue weighted by molar-refractivity contribution is 6.09. The van der Waals surface area contributed by atoms with E-state index < -0.39 is 5.82 Å². The molecular formula is C23H20FN5O2. The topological polar surface area (TPSA) is 81.0 Å². The molecule has 0 atom stereocenters. The first-order valence-corrected chi connectivity index (χ1v) is 10.6. The van der Waals surface area contributed by atoms with Gasteiger partial charge in [0.15, 0.2) is 5.82 Å². The number of fused-ring (bicyclic) bond motifs is 1. The number of ketones is 1. The number of Topliss-reactive ketones (excluding diaryl/α,β-unsaturated/α-hetero) is 1. The smallest absolute Gasteiger partial charge is 0.260 e. The maximum Gasteiger partial charge on any atom is 0.260 e. The van der Waals surface area contributed by atoms with Crippen molar-refractivity contribution >= 4 is 17.5 Å². The lowest BCUT2D eigenvalue weighted by atomic mass is 10.0. The standard InChI is InChI=1S/C23H20FN5O2/c24-18-9-15-11-28(23(31)17(15)8-14(18)10-20(30)13-4-5-13)21-3-1-2-19(26-21)22-27-25-12-29(22)16-6-7-16/h1-3,8-9,12-13,16H,4-7,10-11H2. The average molecular weight is 417 g/mol. The van der Waals surface area contributed by atoms with E-state index in [0.29, 0.717) is 40.1 Å². The summed E-state index contributed by atoms with van der Waals surface area (Å²) in [6.45, 7) is 0.244. The van der Waals surface area contributed by atoms with Crippen LogP contribution < -0.4 is 4.90 Å². The fourth-order valence-corrected chi connectivity index (χ4v) is 4.18. The molecule has 0 N–H and O–H groups in total. The molecule has 3 aliphatic rings. The van der Waals surface area contributed by atoms with Gasteiger partial charge in [-0.3, -0.25) is 14.5 Å². The molecule has 1 amide bonds. The van der Waals surface area contributed by atoms with Crippen LogP contribution in [0.2, 0.25) is 0 Å². The van der Waals surface area contributed by atoms with Gasteiger partial charge in [-0.15, -0.1) is 10.2 Å². The van der Waals surface area contributed by atoms with Crippen LogP contribution in [0.4, 0.5) is 10.2 Å². The molecule has 0 saturated heterocycles. The van der Waals surface area contributed by atoms with Crippen molar-refractivity contribution < 1.29 is 14.0 Å². The first-order chi connectivity index (χ1) is 15.1. The highest BCUT2D eigenvalue weighted by Gasteiger charge is 2.34. The third-order valence-electron chi connectivity index (χ3n) is 6.23. The van der Waals surface area contributed by atoms with Gasteiger partial charge in [0.1, 0.15) is 29.4 Å². The Labute approximate surface area is 177 Å². The summed E-state index contributed by atoms with van der Waals surface area (Å²) < 4.78 is 16.6. The second-order valence-corrected chi connectivity index (χ2v) is 8.58. The largest absolute Gasteiger partial charge is 0.309 e. The molecule has 2 fully saturated rings. The maximum atomic E-state index is 14.6. The third-order valence-corrected chi connectivity index (χ3v) is 6.23. The molecule has 6 rings (SSSR count). The van der Waals surface area contributed by atoms with E-state index in [1.165, 1.54) is 11.0 Å². The number of halogens is 1. The number of pyridine rings is 1. The number of hydrogen-bond acceptors (Lipinski definition) is 5. The van der Waals surface area contributed by atoms with Crippen molar-refractivity contribution in [1.82, 2.24) is 19.7 Å². The Bertz CT molecular complexity index is 1230. The molecular weight excluding hydrogens is 397 g/mol. The average Bonchev–Trinajstić information content (AvgIpc) is 3.71. The van der Waals surface area contributed by atoms with Gasteiger partial charge in [0, 0.05) is 23.9 Å². The fourth-order valence-electron chi connectivity index (χ4n) is 4.18. The highest BCUT2D eigenvalue weighted by atomic mass is 19.1. The van der Waals surface area contributed by atoms with Crippen molar-refractivity contribution in [2.45, 2.75) is 44.7 Å². The zero-order valence-electron chi connectivity index (χ0n) is 16.8. The van der Waals surface area contributed by atoms with Crippen molar-refractivity contribution in [3.05, 3.63) is 59.2 Å². The van der Waals surface area contributed by atoms with Gasteiger partial charge in [-0.1, -0.05) is 6.07 Å². The van der Waals surface area contributed by atoms with Crippen LogP contribution in [0.1, 0.15) is 53.2 Å². The Hall–Kier alpha value is -3.42. The third kappa shape index (κ3) is 3.22. The Balaban J connectivity index is 1.30.